The maximum atomic E-state index is 12.4. The lowest BCUT2D eigenvalue weighted by atomic mass is 9.92. The summed E-state index contributed by atoms with van der Waals surface area (Å²) in [5.74, 6) is -0.245. The molecule has 0 aromatic heterocycles. The Labute approximate surface area is 157 Å². The lowest BCUT2D eigenvalue weighted by Crippen LogP contribution is -2.52. The SMILES string of the molecule is CCC(CC)(CN)NC(=O)c1ccc(S(=O)(=O)N(C)C(C)C)cc1.Cl. The molecule has 0 atom stereocenters. The van der Waals surface area contributed by atoms with Gasteiger partial charge in [0.15, 0.2) is 0 Å². The van der Waals surface area contributed by atoms with Crippen molar-refractivity contribution in [2.24, 2.45) is 5.73 Å². The van der Waals surface area contributed by atoms with E-state index in [9.17, 15) is 13.2 Å². The summed E-state index contributed by atoms with van der Waals surface area (Å²) in [6.45, 7) is 7.93. The van der Waals surface area contributed by atoms with E-state index in [4.69, 9.17) is 5.73 Å². The van der Waals surface area contributed by atoms with Crippen LogP contribution in [0, 0.1) is 0 Å². The number of halogens is 1. The van der Waals surface area contributed by atoms with Gasteiger partial charge in [-0.2, -0.15) is 4.31 Å². The molecule has 144 valence electrons. The Balaban J connectivity index is 0.00000576. The number of nitrogens with one attached hydrogen (secondary N) is 1. The Morgan fingerprint density at radius 2 is 1.68 bits per heavy atom. The van der Waals surface area contributed by atoms with Crippen molar-refractivity contribution in [1.29, 1.82) is 0 Å². The Kier molecular flexibility index (Phi) is 9.08. The van der Waals surface area contributed by atoms with Gasteiger partial charge in [-0.1, -0.05) is 13.8 Å². The minimum Gasteiger partial charge on any atom is -0.345 e. The van der Waals surface area contributed by atoms with Crippen molar-refractivity contribution in [3.63, 3.8) is 0 Å². The molecule has 6 nitrogen and oxygen atoms in total. The summed E-state index contributed by atoms with van der Waals surface area (Å²) in [5, 5.41) is 2.97. The second-order valence-electron chi connectivity index (χ2n) is 6.29. The van der Waals surface area contributed by atoms with Crippen LogP contribution < -0.4 is 11.1 Å². The molecule has 0 aliphatic carbocycles. The van der Waals surface area contributed by atoms with Gasteiger partial charge >= 0.3 is 0 Å². The Morgan fingerprint density at radius 3 is 2.04 bits per heavy atom. The van der Waals surface area contributed by atoms with Crippen molar-refractivity contribution in [2.75, 3.05) is 13.6 Å². The number of rotatable bonds is 8. The Bertz CT molecular complexity index is 648. The molecule has 8 heteroatoms. The van der Waals surface area contributed by atoms with Gasteiger partial charge in [-0.05, 0) is 51.0 Å². The molecule has 0 radical (unpaired) electrons. The average Bonchev–Trinajstić information content (AvgIpc) is 2.58. The van der Waals surface area contributed by atoms with Gasteiger partial charge in [0.05, 0.1) is 10.4 Å². The Hall–Kier alpha value is -1.15. The van der Waals surface area contributed by atoms with Gasteiger partial charge in [0.1, 0.15) is 0 Å². The molecule has 0 saturated carbocycles. The predicted octanol–water partition coefficient (Wildman–Crippen LogP) is 2.38. The number of nitrogens with zero attached hydrogens (tertiary/aromatic N) is 1. The number of carbonyl (C=O) groups excluding carboxylic acids is 1. The molecule has 1 aromatic rings. The molecular formula is C17H30ClN3O3S. The molecule has 1 aromatic carbocycles. The third-order valence-corrected chi connectivity index (χ3v) is 6.69. The van der Waals surface area contributed by atoms with Gasteiger partial charge in [-0.15, -0.1) is 12.4 Å². The third-order valence-electron chi connectivity index (χ3n) is 4.64. The molecule has 0 unspecified atom stereocenters. The summed E-state index contributed by atoms with van der Waals surface area (Å²) >= 11 is 0. The van der Waals surface area contributed by atoms with E-state index in [0.717, 1.165) is 12.8 Å². The highest BCUT2D eigenvalue weighted by Crippen LogP contribution is 2.18. The first kappa shape index (κ1) is 23.9. The molecular weight excluding hydrogens is 362 g/mol. The van der Waals surface area contributed by atoms with E-state index in [2.05, 4.69) is 5.32 Å². The third kappa shape index (κ3) is 5.41. The maximum Gasteiger partial charge on any atom is 0.251 e. The van der Waals surface area contributed by atoms with Crippen LogP contribution in [-0.4, -0.2) is 43.8 Å². The van der Waals surface area contributed by atoms with Crippen LogP contribution in [0.25, 0.3) is 0 Å². The first-order chi connectivity index (χ1) is 11.1. The maximum absolute atomic E-state index is 12.4. The largest absolute Gasteiger partial charge is 0.345 e. The highest BCUT2D eigenvalue weighted by atomic mass is 35.5. The van der Waals surface area contributed by atoms with Crippen LogP contribution in [-0.2, 0) is 10.0 Å². The molecule has 1 amide bonds. The van der Waals surface area contributed by atoms with Crippen LogP contribution in [0.1, 0.15) is 50.9 Å². The van der Waals surface area contributed by atoms with Crippen LogP contribution >= 0.6 is 12.4 Å². The zero-order valence-corrected chi connectivity index (χ0v) is 17.2. The summed E-state index contributed by atoms with van der Waals surface area (Å²) in [7, 11) is -2.01. The normalized spacial score (nSPS) is 12.2. The number of benzene rings is 1. The molecule has 0 bridgehead atoms. The molecule has 0 aliphatic rings. The summed E-state index contributed by atoms with van der Waals surface area (Å²) in [6.07, 6.45) is 1.47. The fourth-order valence-corrected chi connectivity index (χ4v) is 3.67. The van der Waals surface area contributed by atoms with Crippen molar-refractivity contribution in [1.82, 2.24) is 9.62 Å². The van der Waals surface area contributed by atoms with E-state index in [-0.39, 0.29) is 29.3 Å². The van der Waals surface area contributed by atoms with Gasteiger partial charge in [0.25, 0.3) is 5.91 Å². The van der Waals surface area contributed by atoms with E-state index in [0.29, 0.717) is 12.1 Å². The van der Waals surface area contributed by atoms with E-state index in [1.54, 1.807) is 20.9 Å². The van der Waals surface area contributed by atoms with E-state index in [1.807, 2.05) is 13.8 Å². The molecule has 0 spiro atoms. The summed E-state index contributed by atoms with van der Waals surface area (Å²) in [4.78, 5) is 12.6. The van der Waals surface area contributed by atoms with Crippen molar-refractivity contribution >= 4 is 28.3 Å². The zero-order valence-electron chi connectivity index (χ0n) is 15.6. The molecule has 0 fully saturated rings. The lowest BCUT2D eigenvalue weighted by molar-refractivity contribution is 0.0895. The van der Waals surface area contributed by atoms with Gasteiger partial charge in [-0.25, -0.2) is 8.42 Å². The fourth-order valence-electron chi connectivity index (χ4n) is 2.30. The summed E-state index contributed by atoms with van der Waals surface area (Å²) in [5.41, 5.74) is 5.79. The first-order valence-electron chi connectivity index (χ1n) is 8.24. The van der Waals surface area contributed by atoms with Crippen LogP contribution in [0.3, 0.4) is 0 Å². The molecule has 0 saturated heterocycles. The van der Waals surface area contributed by atoms with Crippen LogP contribution in [0.15, 0.2) is 29.2 Å². The second kappa shape index (κ2) is 9.52. The van der Waals surface area contributed by atoms with Gasteiger partial charge < -0.3 is 11.1 Å². The average molecular weight is 392 g/mol. The summed E-state index contributed by atoms with van der Waals surface area (Å²) < 4.78 is 26.2. The number of sulfonamides is 1. The second-order valence-corrected chi connectivity index (χ2v) is 8.28. The topological polar surface area (TPSA) is 92.5 Å². The van der Waals surface area contributed by atoms with Crippen LogP contribution in [0.2, 0.25) is 0 Å². The molecule has 25 heavy (non-hydrogen) atoms. The van der Waals surface area contributed by atoms with E-state index in [1.165, 1.54) is 28.6 Å². The number of amides is 1. The van der Waals surface area contributed by atoms with E-state index >= 15 is 0 Å². The highest BCUT2D eigenvalue weighted by Gasteiger charge is 2.27. The number of nitrogens with two attached hydrogens (primary N) is 1. The smallest absolute Gasteiger partial charge is 0.251 e. The van der Waals surface area contributed by atoms with Crippen molar-refractivity contribution in [3.8, 4) is 0 Å². The molecule has 0 heterocycles. The van der Waals surface area contributed by atoms with Crippen molar-refractivity contribution < 1.29 is 13.2 Å². The van der Waals surface area contributed by atoms with Crippen molar-refractivity contribution in [3.05, 3.63) is 29.8 Å². The Morgan fingerprint density at radius 1 is 1.20 bits per heavy atom. The minimum absolute atomic E-state index is 0. The van der Waals surface area contributed by atoms with Crippen molar-refractivity contribution in [2.45, 2.75) is 57.0 Å². The highest BCUT2D eigenvalue weighted by molar-refractivity contribution is 7.89. The monoisotopic (exact) mass is 391 g/mol. The standard InChI is InChI=1S/C17H29N3O3S.ClH/c1-6-17(7-2,12-18)19-16(21)14-8-10-15(11-9-14)24(22,23)20(5)13(3)4;/h8-11,13H,6-7,12,18H2,1-5H3,(H,19,21);1H. The van der Waals surface area contributed by atoms with Gasteiger partial charge in [0.2, 0.25) is 10.0 Å². The quantitative estimate of drug-likeness (QED) is 0.711. The number of hydrogen-bond acceptors (Lipinski definition) is 4. The minimum atomic E-state index is -3.55. The zero-order chi connectivity index (χ0) is 18.5. The first-order valence-corrected chi connectivity index (χ1v) is 9.68. The van der Waals surface area contributed by atoms with Crippen LogP contribution in [0.5, 0.6) is 0 Å². The molecule has 1 rings (SSSR count). The van der Waals surface area contributed by atoms with Gasteiger partial charge in [-0.3, -0.25) is 4.79 Å². The molecule has 0 aliphatic heterocycles. The molecule has 3 N–H and O–H groups in total. The fraction of sp³-hybridized carbons (Fsp3) is 0.588. The van der Waals surface area contributed by atoms with Gasteiger partial charge in [0, 0.05) is 25.2 Å². The number of carbonyl (C=O) groups is 1. The predicted molar refractivity (Wildman–Crippen MR) is 104 cm³/mol. The summed E-state index contributed by atoms with van der Waals surface area (Å²) in [6, 6.07) is 5.85. The number of hydrogen-bond donors (Lipinski definition) is 2. The van der Waals surface area contributed by atoms with E-state index < -0.39 is 15.6 Å². The van der Waals surface area contributed by atoms with Crippen LogP contribution in [0.4, 0.5) is 0 Å². The lowest BCUT2D eigenvalue weighted by Gasteiger charge is -2.31.